The van der Waals surface area contributed by atoms with Gasteiger partial charge in [0.25, 0.3) is 0 Å². The maximum atomic E-state index is 13.1. The summed E-state index contributed by atoms with van der Waals surface area (Å²) in [5, 5.41) is 0. The van der Waals surface area contributed by atoms with E-state index >= 15 is 0 Å². The van der Waals surface area contributed by atoms with E-state index in [-0.39, 0.29) is 6.61 Å². The summed E-state index contributed by atoms with van der Waals surface area (Å²) < 4.78 is 87.3. The largest absolute Gasteiger partial charge is 0.463 e. The van der Waals surface area contributed by atoms with Crippen LogP contribution in [0.1, 0.15) is 6.92 Å². The third kappa shape index (κ3) is 2.77. The molecule has 22 heavy (non-hydrogen) atoms. The summed E-state index contributed by atoms with van der Waals surface area (Å²) in [5.41, 5.74) is -6.11. The van der Waals surface area contributed by atoms with Crippen LogP contribution in [0.4, 0.5) is 26.3 Å². The molecule has 2 rings (SSSR count). The SMILES string of the molecule is CCOC(=O)C=CC12C=CC(O1)C(C(F)(F)F)=C2C(F)(F)F. The molecule has 0 fully saturated rings. The Hall–Kier alpha value is -1.77. The zero-order valence-electron chi connectivity index (χ0n) is 11.1. The molecule has 2 unspecified atom stereocenters. The third-order valence-electron chi connectivity index (χ3n) is 3.13. The molecule has 0 radical (unpaired) electrons. The van der Waals surface area contributed by atoms with Gasteiger partial charge in [0.05, 0.1) is 17.8 Å². The Morgan fingerprint density at radius 3 is 2.45 bits per heavy atom. The second-order valence-electron chi connectivity index (χ2n) is 4.56. The van der Waals surface area contributed by atoms with Crippen molar-refractivity contribution in [2.24, 2.45) is 0 Å². The van der Waals surface area contributed by atoms with Gasteiger partial charge >= 0.3 is 18.3 Å². The lowest BCUT2D eigenvalue weighted by Gasteiger charge is -2.25. The molecule has 9 heteroatoms. The Kier molecular flexibility index (Phi) is 3.88. The molecule has 0 N–H and O–H groups in total. The standard InChI is InChI=1S/C13H10F6O3/c1-2-21-8(20)4-6-11-5-3-7(22-11)9(12(14,15)16)10(11)13(17,18)19/h3-7H,2H2,1H3. The molecule has 2 aliphatic heterocycles. The van der Waals surface area contributed by atoms with Crippen molar-refractivity contribution in [1.29, 1.82) is 0 Å². The Labute approximate surface area is 120 Å². The highest BCUT2D eigenvalue weighted by Gasteiger charge is 2.63. The van der Waals surface area contributed by atoms with Crippen LogP contribution in [0.2, 0.25) is 0 Å². The minimum atomic E-state index is -5.26. The van der Waals surface area contributed by atoms with Gasteiger partial charge in [0.2, 0.25) is 0 Å². The van der Waals surface area contributed by atoms with Crippen molar-refractivity contribution in [1.82, 2.24) is 0 Å². The minimum Gasteiger partial charge on any atom is -0.463 e. The Morgan fingerprint density at radius 1 is 1.32 bits per heavy atom. The van der Waals surface area contributed by atoms with E-state index in [1.165, 1.54) is 6.92 Å². The quantitative estimate of drug-likeness (QED) is 0.345. The lowest BCUT2D eigenvalue weighted by molar-refractivity contribution is -0.137. The number of fused-ring (bicyclic) bond motifs is 2. The number of hydrogen-bond acceptors (Lipinski definition) is 3. The molecule has 0 amide bonds. The molecule has 2 aliphatic rings. The topological polar surface area (TPSA) is 35.5 Å². The fourth-order valence-electron chi connectivity index (χ4n) is 2.41. The highest BCUT2D eigenvalue weighted by atomic mass is 19.4. The molecule has 3 nitrogen and oxygen atoms in total. The summed E-state index contributed by atoms with van der Waals surface area (Å²) in [6.45, 7) is 1.45. The summed E-state index contributed by atoms with van der Waals surface area (Å²) in [6.07, 6.45) is -9.31. The van der Waals surface area contributed by atoms with E-state index in [2.05, 4.69) is 4.74 Å². The molecule has 2 bridgehead atoms. The molecular weight excluding hydrogens is 318 g/mol. The molecule has 2 heterocycles. The van der Waals surface area contributed by atoms with Crippen LogP contribution in [0, 0.1) is 0 Å². The first-order valence-electron chi connectivity index (χ1n) is 6.13. The highest BCUT2D eigenvalue weighted by Crippen LogP contribution is 2.54. The fourth-order valence-corrected chi connectivity index (χ4v) is 2.41. The Balaban J connectivity index is 2.49. The zero-order valence-corrected chi connectivity index (χ0v) is 11.1. The van der Waals surface area contributed by atoms with E-state index < -0.39 is 41.2 Å². The average molecular weight is 328 g/mol. The molecule has 0 aromatic heterocycles. The summed E-state index contributed by atoms with van der Waals surface area (Å²) in [7, 11) is 0. The fraction of sp³-hybridized carbons (Fsp3) is 0.462. The van der Waals surface area contributed by atoms with Crippen molar-refractivity contribution < 1.29 is 40.6 Å². The second kappa shape index (κ2) is 5.15. The van der Waals surface area contributed by atoms with E-state index in [1.807, 2.05) is 0 Å². The number of carbonyl (C=O) groups excluding carboxylic acids is 1. The van der Waals surface area contributed by atoms with E-state index in [9.17, 15) is 31.1 Å². The normalized spacial score (nSPS) is 28.0. The molecule has 122 valence electrons. The number of rotatable bonds is 3. The minimum absolute atomic E-state index is 0.0226. The van der Waals surface area contributed by atoms with Crippen molar-refractivity contribution in [3.05, 3.63) is 35.5 Å². The summed E-state index contributed by atoms with van der Waals surface area (Å²) in [5.74, 6) is -0.973. The maximum Gasteiger partial charge on any atom is 0.416 e. The highest BCUT2D eigenvalue weighted by molar-refractivity contribution is 5.82. The lowest BCUT2D eigenvalue weighted by atomic mass is 9.85. The molecule has 0 aromatic rings. The number of carbonyl (C=O) groups is 1. The third-order valence-corrected chi connectivity index (χ3v) is 3.13. The predicted octanol–water partition coefficient (Wildman–Crippen LogP) is 3.23. The van der Waals surface area contributed by atoms with Gasteiger partial charge in [-0.25, -0.2) is 4.79 Å². The first kappa shape index (κ1) is 16.6. The van der Waals surface area contributed by atoms with Crippen LogP contribution < -0.4 is 0 Å². The summed E-state index contributed by atoms with van der Waals surface area (Å²) >= 11 is 0. The van der Waals surface area contributed by atoms with Gasteiger partial charge in [0.15, 0.2) is 0 Å². The van der Waals surface area contributed by atoms with Crippen LogP contribution in [0.15, 0.2) is 35.5 Å². The van der Waals surface area contributed by atoms with Crippen LogP contribution in [0.25, 0.3) is 0 Å². The number of esters is 1. The summed E-state index contributed by atoms with van der Waals surface area (Å²) in [6, 6.07) is 0. The Bertz CT molecular complexity index is 569. The molecule has 2 atom stereocenters. The lowest BCUT2D eigenvalue weighted by Crippen LogP contribution is -2.35. The van der Waals surface area contributed by atoms with Crippen molar-refractivity contribution in [2.75, 3.05) is 6.61 Å². The number of halogens is 6. The van der Waals surface area contributed by atoms with Gasteiger partial charge in [-0.1, -0.05) is 6.08 Å². The molecule has 0 aromatic carbocycles. The van der Waals surface area contributed by atoms with Crippen molar-refractivity contribution in [3.8, 4) is 0 Å². The van der Waals surface area contributed by atoms with Crippen LogP contribution in [0.5, 0.6) is 0 Å². The van der Waals surface area contributed by atoms with Crippen molar-refractivity contribution >= 4 is 5.97 Å². The van der Waals surface area contributed by atoms with Gasteiger partial charge in [-0.15, -0.1) is 0 Å². The van der Waals surface area contributed by atoms with Gasteiger partial charge in [-0.2, -0.15) is 26.3 Å². The number of ether oxygens (including phenoxy) is 2. The first-order chi connectivity index (χ1) is 10.0. The van der Waals surface area contributed by atoms with E-state index in [1.54, 1.807) is 0 Å². The number of alkyl halides is 6. The average Bonchev–Trinajstić information content (AvgIpc) is 2.91. The molecule has 0 aliphatic carbocycles. The van der Waals surface area contributed by atoms with Gasteiger partial charge in [0.1, 0.15) is 11.7 Å². The van der Waals surface area contributed by atoms with E-state index in [4.69, 9.17) is 4.74 Å². The Morgan fingerprint density at radius 2 is 1.95 bits per heavy atom. The van der Waals surface area contributed by atoms with Crippen LogP contribution >= 0.6 is 0 Å². The van der Waals surface area contributed by atoms with Gasteiger partial charge in [-0.05, 0) is 19.1 Å². The second-order valence-corrected chi connectivity index (χ2v) is 4.56. The van der Waals surface area contributed by atoms with Crippen LogP contribution in [-0.4, -0.2) is 36.6 Å². The smallest absolute Gasteiger partial charge is 0.416 e. The van der Waals surface area contributed by atoms with Gasteiger partial charge in [-0.3, -0.25) is 0 Å². The van der Waals surface area contributed by atoms with Gasteiger partial charge < -0.3 is 9.47 Å². The molecular formula is C13H10F6O3. The van der Waals surface area contributed by atoms with Crippen molar-refractivity contribution in [3.63, 3.8) is 0 Å². The summed E-state index contributed by atoms with van der Waals surface area (Å²) in [4.78, 5) is 11.2. The van der Waals surface area contributed by atoms with Gasteiger partial charge in [0, 0.05) is 6.08 Å². The molecule has 0 saturated heterocycles. The number of hydrogen-bond donors (Lipinski definition) is 0. The molecule has 0 saturated carbocycles. The van der Waals surface area contributed by atoms with E-state index in [0.717, 1.165) is 12.2 Å². The monoisotopic (exact) mass is 328 g/mol. The van der Waals surface area contributed by atoms with Crippen LogP contribution in [-0.2, 0) is 14.3 Å². The zero-order chi connectivity index (χ0) is 16.8. The first-order valence-corrected chi connectivity index (χ1v) is 6.13. The maximum absolute atomic E-state index is 13.1. The predicted molar refractivity (Wildman–Crippen MR) is 61.7 cm³/mol. The molecule has 0 spiro atoms. The van der Waals surface area contributed by atoms with Crippen LogP contribution in [0.3, 0.4) is 0 Å². The van der Waals surface area contributed by atoms with E-state index in [0.29, 0.717) is 12.2 Å². The van der Waals surface area contributed by atoms with Crippen molar-refractivity contribution in [2.45, 2.75) is 31.0 Å².